The van der Waals surface area contributed by atoms with E-state index >= 15 is 0 Å². The molecule has 0 amide bonds. The quantitative estimate of drug-likeness (QED) is 0.854. The predicted molar refractivity (Wildman–Crippen MR) is 83.6 cm³/mol. The van der Waals surface area contributed by atoms with Crippen LogP contribution in [-0.4, -0.2) is 16.7 Å². The first kappa shape index (κ1) is 14.4. The lowest BCUT2D eigenvalue weighted by atomic mass is 9.91. The summed E-state index contributed by atoms with van der Waals surface area (Å²) in [6.45, 7) is 0.303. The van der Waals surface area contributed by atoms with Gasteiger partial charge in [-0.1, -0.05) is 48.0 Å². The maximum Gasteiger partial charge on any atom is 0.253 e. The summed E-state index contributed by atoms with van der Waals surface area (Å²) < 4.78 is 0. The number of carbonyl (C=O) groups is 2. The van der Waals surface area contributed by atoms with Gasteiger partial charge < -0.3 is 10.4 Å². The molecule has 2 N–H and O–H groups in total. The van der Waals surface area contributed by atoms with Gasteiger partial charge in [0.15, 0.2) is 5.76 Å². The summed E-state index contributed by atoms with van der Waals surface area (Å²) >= 11 is 5.81. The number of ketones is 2. The first-order chi connectivity index (χ1) is 10.6. The van der Waals surface area contributed by atoms with Crippen LogP contribution in [0, 0.1) is 0 Å². The topological polar surface area (TPSA) is 66.4 Å². The number of nitrogens with one attached hydrogen (secondary N) is 1. The van der Waals surface area contributed by atoms with Gasteiger partial charge >= 0.3 is 0 Å². The molecule has 2 aromatic carbocycles. The predicted octanol–water partition coefficient (Wildman–Crippen LogP) is 3.12. The van der Waals surface area contributed by atoms with E-state index in [0.717, 1.165) is 5.56 Å². The van der Waals surface area contributed by atoms with Crippen molar-refractivity contribution >= 4 is 28.9 Å². The highest BCUT2D eigenvalue weighted by atomic mass is 35.5. The highest BCUT2D eigenvalue weighted by Gasteiger charge is 2.32. The van der Waals surface area contributed by atoms with Crippen molar-refractivity contribution in [3.63, 3.8) is 0 Å². The van der Waals surface area contributed by atoms with Crippen LogP contribution >= 0.6 is 11.6 Å². The molecule has 0 saturated carbocycles. The van der Waals surface area contributed by atoms with Gasteiger partial charge in [-0.2, -0.15) is 0 Å². The molecule has 0 aliphatic heterocycles. The van der Waals surface area contributed by atoms with Gasteiger partial charge in [-0.3, -0.25) is 9.59 Å². The van der Waals surface area contributed by atoms with Gasteiger partial charge in [0.2, 0.25) is 5.78 Å². The Kier molecular flexibility index (Phi) is 3.69. The summed E-state index contributed by atoms with van der Waals surface area (Å²) in [5.74, 6) is -1.55. The molecule has 0 atom stereocenters. The number of fused-ring (bicyclic) bond motifs is 1. The molecule has 0 spiro atoms. The largest absolute Gasteiger partial charge is 0.505 e. The molecule has 0 aromatic heterocycles. The van der Waals surface area contributed by atoms with Crippen molar-refractivity contribution in [2.24, 2.45) is 0 Å². The first-order valence-electron chi connectivity index (χ1n) is 6.68. The number of Topliss-reactive ketones (excluding diaryl/α,β-unsaturated/α-hetero) is 2. The Morgan fingerprint density at radius 3 is 2.23 bits per heavy atom. The van der Waals surface area contributed by atoms with Crippen molar-refractivity contribution in [3.8, 4) is 0 Å². The Bertz CT molecular complexity index is 794. The Labute approximate surface area is 132 Å². The van der Waals surface area contributed by atoms with Gasteiger partial charge in [0.1, 0.15) is 5.70 Å². The van der Waals surface area contributed by atoms with E-state index in [1.807, 2.05) is 0 Å². The normalized spacial score (nSPS) is 14.0. The summed E-state index contributed by atoms with van der Waals surface area (Å²) in [6, 6.07) is 13.6. The van der Waals surface area contributed by atoms with E-state index in [1.165, 1.54) is 6.07 Å². The number of rotatable bonds is 3. The van der Waals surface area contributed by atoms with Crippen molar-refractivity contribution in [2.45, 2.75) is 6.54 Å². The molecular weight excluding hydrogens is 302 g/mol. The van der Waals surface area contributed by atoms with Crippen molar-refractivity contribution < 1.29 is 14.7 Å². The van der Waals surface area contributed by atoms with Gasteiger partial charge in [0.05, 0.1) is 0 Å². The maximum atomic E-state index is 12.1. The molecule has 0 heterocycles. The first-order valence-corrected chi connectivity index (χ1v) is 7.05. The summed E-state index contributed by atoms with van der Waals surface area (Å²) in [7, 11) is 0. The summed E-state index contributed by atoms with van der Waals surface area (Å²) in [4.78, 5) is 24.2. The van der Waals surface area contributed by atoms with E-state index < -0.39 is 11.6 Å². The zero-order valence-corrected chi connectivity index (χ0v) is 12.2. The Hall–Kier alpha value is -2.59. The van der Waals surface area contributed by atoms with E-state index in [9.17, 15) is 14.7 Å². The highest BCUT2D eigenvalue weighted by molar-refractivity contribution is 6.52. The van der Waals surface area contributed by atoms with E-state index in [1.54, 1.807) is 42.5 Å². The van der Waals surface area contributed by atoms with Crippen LogP contribution in [-0.2, 0) is 11.3 Å². The van der Waals surface area contributed by atoms with Gasteiger partial charge in [0, 0.05) is 22.7 Å². The molecule has 0 radical (unpaired) electrons. The number of aliphatic hydroxyl groups is 1. The molecule has 3 rings (SSSR count). The van der Waals surface area contributed by atoms with Crippen molar-refractivity contribution in [3.05, 3.63) is 75.9 Å². The molecule has 0 bridgehead atoms. The minimum atomic E-state index is -0.731. The molecule has 110 valence electrons. The Morgan fingerprint density at radius 1 is 0.909 bits per heavy atom. The fourth-order valence-electron chi connectivity index (χ4n) is 2.32. The molecule has 2 aromatic rings. The molecule has 0 unspecified atom stereocenters. The molecule has 4 nitrogen and oxygen atoms in total. The van der Waals surface area contributed by atoms with Crippen LogP contribution in [0.25, 0.3) is 5.76 Å². The summed E-state index contributed by atoms with van der Waals surface area (Å²) in [5.41, 5.74) is 1.40. The molecule has 0 saturated heterocycles. The van der Waals surface area contributed by atoms with E-state index in [-0.39, 0.29) is 17.0 Å². The van der Waals surface area contributed by atoms with Crippen LogP contribution in [0.4, 0.5) is 0 Å². The fraction of sp³-hybridized carbons (Fsp3) is 0.0588. The Balaban J connectivity index is 1.91. The van der Waals surface area contributed by atoms with Crippen molar-refractivity contribution in [1.29, 1.82) is 0 Å². The third-order valence-corrected chi connectivity index (χ3v) is 3.73. The van der Waals surface area contributed by atoms with Crippen molar-refractivity contribution in [2.75, 3.05) is 0 Å². The molecule has 22 heavy (non-hydrogen) atoms. The summed E-state index contributed by atoms with van der Waals surface area (Å²) in [6.07, 6.45) is 0. The van der Waals surface area contributed by atoms with E-state index in [0.29, 0.717) is 17.1 Å². The third kappa shape index (κ3) is 2.49. The zero-order chi connectivity index (χ0) is 15.7. The minimum Gasteiger partial charge on any atom is -0.505 e. The molecule has 1 aliphatic carbocycles. The van der Waals surface area contributed by atoms with Gasteiger partial charge in [0.25, 0.3) is 5.78 Å². The smallest absolute Gasteiger partial charge is 0.253 e. The zero-order valence-electron chi connectivity index (χ0n) is 11.5. The summed E-state index contributed by atoms with van der Waals surface area (Å²) in [5, 5.41) is 13.7. The fourth-order valence-corrected chi connectivity index (χ4v) is 2.45. The lowest BCUT2D eigenvalue weighted by Crippen LogP contribution is -2.31. The van der Waals surface area contributed by atoms with Gasteiger partial charge in [-0.15, -0.1) is 0 Å². The van der Waals surface area contributed by atoms with Crippen LogP contribution in [0.2, 0.25) is 5.02 Å². The van der Waals surface area contributed by atoms with Crippen LogP contribution in [0.5, 0.6) is 0 Å². The standard InChI is InChI=1S/C17H12ClNO3/c18-11-7-5-10(6-8-11)9-19-14-15(20)12-3-1-2-4-13(12)16(21)17(14)22/h1-8,19-20H,9H2. The number of hydrogen-bond acceptors (Lipinski definition) is 4. The number of allylic oxidation sites excluding steroid dienone is 1. The third-order valence-electron chi connectivity index (χ3n) is 3.48. The van der Waals surface area contributed by atoms with Crippen LogP contribution in [0.1, 0.15) is 21.5 Å². The average molecular weight is 314 g/mol. The van der Waals surface area contributed by atoms with Crippen LogP contribution < -0.4 is 5.32 Å². The SMILES string of the molecule is O=C1C(=O)c2ccccc2C(O)=C1NCc1ccc(Cl)cc1. The number of carbonyl (C=O) groups excluding carboxylic acids is 2. The lowest BCUT2D eigenvalue weighted by Gasteiger charge is -2.18. The molecule has 5 heteroatoms. The minimum absolute atomic E-state index is 0.0707. The van der Waals surface area contributed by atoms with Gasteiger partial charge in [-0.25, -0.2) is 0 Å². The second-order valence-corrected chi connectivity index (χ2v) is 5.34. The van der Waals surface area contributed by atoms with Gasteiger partial charge in [-0.05, 0) is 17.7 Å². The number of halogens is 1. The number of benzene rings is 2. The maximum absolute atomic E-state index is 12.1. The molecule has 0 fully saturated rings. The second-order valence-electron chi connectivity index (χ2n) is 4.91. The van der Waals surface area contributed by atoms with E-state index in [4.69, 9.17) is 11.6 Å². The monoisotopic (exact) mass is 313 g/mol. The van der Waals surface area contributed by atoms with Crippen molar-refractivity contribution in [1.82, 2.24) is 5.32 Å². The number of aliphatic hydroxyl groups excluding tert-OH is 1. The highest BCUT2D eigenvalue weighted by Crippen LogP contribution is 2.26. The van der Waals surface area contributed by atoms with Crippen LogP contribution in [0.3, 0.4) is 0 Å². The average Bonchev–Trinajstić information content (AvgIpc) is 2.54. The number of hydrogen-bond donors (Lipinski definition) is 2. The van der Waals surface area contributed by atoms with E-state index in [2.05, 4.69) is 5.32 Å². The molecule has 1 aliphatic rings. The molecular formula is C17H12ClNO3. The lowest BCUT2D eigenvalue weighted by molar-refractivity contribution is -0.112. The van der Waals surface area contributed by atoms with Crippen LogP contribution in [0.15, 0.2) is 54.2 Å². The second kappa shape index (κ2) is 5.66. The Morgan fingerprint density at radius 2 is 1.55 bits per heavy atom.